The van der Waals surface area contributed by atoms with Gasteiger partial charge in [0.25, 0.3) is 0 Å². The molecule has 0 aliphatic carbocycles. The number of halogens is 1. The number of benzene rings is 2. The summed E-state index contributed by atoms with van der Waals surface area (Å²) in [7, 11) is 1.70. The molecular weight excluding hydrogens is 373 g/mol. The summed E-state index contributed by atoms with van der Waals surface area (Å²) in [5.74, 6) is 0.910. The van der Waals surface area contributed by atoms with Gasteiger partial charge in [-0.2, -0.15) is 0 Å². The van der Waals surface area contributed by atoms with Crippen LogP contribution in [-0.4, -0.2) is 13.7 Å². The highest BCUT2D eigenvalue weighted by molar-refractivity contribution is 14.1. The lowest BCUT2D eigenvalue weighted by Crippen LogP contribution is -2.23. The van der Waals surface area contributed by atoms with E-state index >= 15 is 0 Å². The summed E-state index contributed by atoms with van der Waals surface area (Å²) in [5.41, 5.74) is 2.60. The van der Waals surface area contributed by atoms with E-state index in [4.69, 9.17) is 4.74 Å². The van der Waals surface area contributed by atoms with Crippen molar-refractivity contribution in [2.75, 3.05) is 18.6 Å². The standard InChI is InChI=1S/C18H22INO/c1-3-4-13-20(17-9-7-16(19)8-10-17)14-15-5-11-18(21-2)12-6-15/h5-12H,3-4,13-14H2,1-2H3. The largest absolute Gasteiger partial charge is 0.497 e. The molecule has 2 nitrogen and oxygen atoms in total. The van der Waals surface area contributed by atoms with Gasteiger partial charge in [0.1, 0.15) is 5.75 Å². The average molecular weight is 395 g/mol. The van der Waals surface area contributed by atoms with Gasteiger partial charge in [0.2, 0.25) is 0 Å². The van der Waals surface area contributed by atoms with Crippen LogP contribution in [0.1, 0.15) is 25.3 Å². The second kappa shape index (κ2) is 8.27. The molecule has 2 rings (SSSR count). The third kappa shape index (κ3) is 4.92. The Labute approximate surface area is 141 Å². The van der Waals surface area contributed by atoms with E-state index in [1.807, 2.05) is 12.1 Å². The first-order valence-electron chi connectivity index (χ1n) is 7.36. The van der Waals surface area contributed by atoms with Crippen LogP contribution in [0.4, 0.5) is 5.69 Å². The lowest BCUT2D eigenvalue weighted by atomic mass is 10.1. The molecule has 0 bridgehead atoms. The van der Waals surface area contributed by atoms with Crippen LogP contribution < -0.4 is 9.64 Å². The summed E-state index contributed by atoms with van der Waals surface area (Å²) in [5, 5.41) is 0. The third-order valence-electron chi connectivity index (χ3n) is 3.51. The molecule has 0 saturated carbocycles. The number of hydrogen-bond acceptors (Lipinski definition) is 2. The van der Waals surface area contributed by atoms with Crippen LogP contribution in [0.3, 0.4) is 0 Å². The molecule has 0 heterocycles. The number of methoxy groups -OCH3 is 1. The Kier molecular flexibility index (Phi) is 6.36. The van der Waals surface area contributed by atoms with Gasteiger partial charge >= 0.3 is 0 Å². The predicted octanol–water partition coefficient (Wildman–Crippen LogP) is 5.11. The van der Waals surface area contributed by atoms with Crippen molar-refractivity contribution < 1.29 is 4.74 Å². The molecule has 0 aliphatic rings. The summed E-state index contributed by atoms with van der Waals surface area (Å²) in [6.45, 7) is 4.26. The Morgan fingerprint density at radius 1 is 1.00 bits per heavy atom. The Hall–Kier alpha value is -1.23. The smallest absolute Gasteiger partial charge is 0.118 e. The van der Waals surface area contributed by atoms with Crippen LogP contribution in [0.2, 0.25) is 0 Å². The van der Waals surface area contributed by atoms with Crippen molar-refractivity contribution in [3.63, 3.8) is 0 Å². The molecule has 0 N–H and O–H groups in total. The number of rotatable bonds is 7. The molecule has 0 aliphatic heterocycles. The fourth-order valence-electron chi connectivity index (χ4n) is 2.25. The van der Waals surface area contributed by atoms with E-state index in [0.29, 0.717) is 0 Å². The Morgan fingerprint density at radius 3 is 2.24 bits per heavy atom. The zero-order chi connectivity index (χ0) is 15.1. The maximum Gasteiger partial charge on any atom is 0.118 e. The fourth-order valence-corrected chi connectivity index (χ4v) is 2.61. The van der Waals surface area contributed by atoms with Crippen LogP contribution in [0, 0.1) is 3.57 Å². The molecule has 2 aromatic rings. The molecule has 0 fully saturated rings. The molecule has 21 heavy (non-hydrogen) atoms. The van der Waals surface area contributed by atoms with Crippen molar-refractivity contribution in [3.8, 4) is 5.75 Å². The molecular formula is C18H22INO. The Balaban J connectivity index is 2.13. The molecule has 3 heteroatoms. The van der Waals surface area contributed by atoms with E-state index in [-0.39, 0.29) is 0 Å². The summed E-state index contributed by atoms with van der Waals surface area (Å²) in [4.78, 5) is 2.45. The second-order valence-corrected chi connectivity index (χ2v) is 6.35. The topological polar surface area (TPSA) is 12.5 Å². The van der Waals surface area contributed by atoms with Crippen molar-refractivity contribution in [1.29, 1.82) is 0 Å². The van der Waals surface area contributed by atoms with Crippen molar-refractivity contribution >= 4 is 28.3 Å². The summed E-state index contributed by atoms with van der Waals surface area (Å²) >= 11 is 2.35. The highest BCUT2D eigenvalue weighted by atomic mass is 127. The van der Waals surface area contributed by atoms with Crippen LogP contribution in [0.5, 0.6) is 5.75 Å². The minimum absolute atomic E-state index is 0.910. The van der Waals surface area contributed by atoms with Crippen LogP contribution >= 0.6 is 22.6 Å². The fraction of sp³-hybridized carbons (Fsp3) is 0.333. The quantitative estimate of drug-likeness (QED) is 0.605. The zero-order valence-corrected chi connectivity index (χ0v) is 14.8. The molecule has 0 atom stereocenters. The van der Waals surface area contributed by atoms with Crippen LogP contribution in [0.25, 0.3) is 0 Å². The molecule has 0 unspecified atom stereocenters. The average Bonchev–Trinajstić information content (AvgIpc) is 2.53. The molecule has 0 radical (unpaired) electrons. The highest BCUT2D eigenvalue weighted by Gasteiger charge is 2.07. The SMILES string of the molecule is CCCCN(Cc1ccc(OC)cc1)c1ccc(I)cc1. The van der Waals surface area contributed by atoms with Gasteiger partial charge in [-0.25, -0.2) is 0 Å². The molecule has 112 valence electrons. The number of nitrogens with zero attached hydrogens (tertiary/aromatic N) is 1. The summed E-state index contributed by atoms with van der Waals surface area (Å²) < 4.78 is 6.50. The normalized spacial score (nSPS) is 10.4. The second-order valence-electron chi connectivity index (χ2n) is 5.10. The monoisotopic (exact) mass is 395 g/mol. The van der Waals surface area contributed by atoms with Crippen molar-refractivity contribution in [2.24, 2.45) is 0 Å². The Bertz CT molecular complexity index is 536. The molecule has 0 spiro atoms. The van der Waals surface area contributed by atoms with E-state index in [2.05, 4.69) is 70.8 Å². The van der Waals surface area contributed by atoms with Crippen LogP contribution in [0.15, 0.2) is 48.5 Å². The van der Waals surface area contributed by atoms with Gasteiger partial charge in [0.05, 0.1) is 7.11 Å². The number of unbranched alkanes of at least 4 members (excludes halogenated alkanes) is 1. The van der Waals surface area contributed by atoms with Gasteiger partial charge in [-0.15, -0.1) is 0 Å². The van der Waals surface area contributed by atoms with E-state index in [9.17, 15) is 0 Å². The van der Waals surface area contributed by atoms with E-state index in [1.165, 1.54) is 27.7 Å². The van der Waals surface area contributed by atoms with Gasteiger partial charge in [0.15, 0.2) is 0 Å². The lowest BCUT2D eigenvalue weighted by molar-refractivity contribution is 0.414. The minimum atomic E-state index is 0.910. The van der Waals surface area contributed by atoms with Gasteiger partial charge in [-0.3, -0.25) is 0 Å². The molecule has 0 amide bonds. The molecule has 0 aromatic heterocycles. The minimum Gasteiger partial charge on any atom is -0.497 e. The zero-order valence-electron chi connectivity index (χ0n) is 12.7. The first kappa shape index (κ1) is 16.1. The highest BCUT2D eigenvalue weighted by Crippen LogP contribution is 2.21. The first-order valence-corrected chi connectivity index (χ1v) is 8.44. The lowest BCUT2D eigenvalue weighted by Gasteiger charge is -2.25. The predicted molar refractivity (Wildman–Crippen MR) is 98.1 cm³/mol. The van der Waals surface area contributed by atoms with Gasteiger partial charge < -0.3 is 9.64 Å². The maximum absolute atomic E-state index is 5.22. The summed E-state index contributed by atoms with van der Waals surface area (Å²) in [6.07, 6.45) is 2.42. The number of ether oxygens (including phenoxy) is 1. The van der Waals surface area contributed by atoms with Crippen molar-refractivity contribution in [2.45, 2.75) is 26.3 Å². The van der Waals surface area contributed by atoms with Gasteiger partial charge in [-0.1, -0.05) is 25.5 Å². The maximum atomic E-state index is 5.22. The van der Waals surface area contributed by atoms with Gasteiger partial charge in [-0.05, 0) is 71.0 Å². The Morgan fingerprint density at radius 2 is 1.67 bits per heavy atom. The van der Waals surface area contributed by atoms with Crippen molar-refractivity contribution in [1.82, 2.24) is 0 Å². The number of anilines is 1. The molecule has 2 aromatic carbocycles. The van der Waals surface area contributed by atoms with Gasteiger partial charge in [0, 0.05) is 22.3 Å². The van der Waals surface area contributed by atoms with E-state index in [0.717, 1.165) is 18.8 Å². The first-order chi connectivity index (χ1) is 10.2. The van der Waals surface area contributed by atoms with Crippen molar-refractivity contribution in [3.05, 3.63) is 57.7 Å². The summed E-state index contributed by atoms with van der Waals surface area (Å²) in [6, 6.07) is 17.1. The van der Waals surface area contributed by atoms with Crippen LogP contribution in [-0.2, 0) is 6.54 Å². The van der Waals surface area contributed by atoms with E-state index in [1.54, 1.807) is 7.11 Å². The number of hydrogen-bond donors (Lipinski definition) is 0. The third-order valence-corrected chi connectivity index (χ3v) is 4.23. The van der Waals surface area contributed by atoms with E-state index < -0.39 is 0 Å². The molecule has 0 saturated heterocycles.